The van der Waals surface area contributed by atoms with Crippen molar-refractivity contribution in [2.45, 2.75) is 25.8 Å². The van der Waals surface area contributed by atoms with Crippen molar-refractivity contribution in [3.63, 3.8) is 0 Å². The number of esters is 1. The van der Waals surface area contributed by atoms with Crippen LogP contribution in [0.3, 0.4) is 0 Å². The predicted octanol–water partition coefficient (Wildman–Crippen LogP) is 2.68. The van der Waals surface area contributed by atoms with Gasteiger partial charge in [-0.2, -0.15) is 0 Å². The summed E-state index contributed by atoms with van der Waals surface area (Å²) in [5, 5.41) is 5.52. The zero-order valence-electron chi connectivity index (χ0n) is 14.5. The lowest BCUT2D eigenvalue weighted by molar-refractivity contribution is -0.119. The number of hydrogen-bond donors (Lipinski definition) is 2. The summed E-state index contributed by atoms with van der Waals surface area (Å²) < 4.78 is 5.03. The lowest BCUT2D eigenvalue weighted by atomic mass is 10.1. The molecule has 1 saturated carbocycles. The van der Waals surface area contributed by atoms with Gasteiger partial charge in [0, 0.05) is 17.3 Å². The Labute approximate surface area is 151 Å². The third kappa shape index (κ3) is 4.92. The quantitative estimate of drug-likeness (QED) is 0.783. The Hall–Kier alpha value is -3.15. The largest absolute Gasteiger partial charge is 0.452 e. The summed E-state index contributed by atoms with van der Waals surface area (Å²) in [5.74, 6) is -1.18. The highest BCUT2D eigenvalue weighted by atomic mass is 16.5. The van der Waals surface area contributed by atoms with E-state index >= 15 is 0 Å². The van der Waals surface area contributed by atoms with Gasteiger partial charge < -0.3 is 15.4 Å². The molecule has 1 aliphatic carbocycles. The van der Waals surface area contributed by atoms with Crippen LogP contribution in [0.5, 0.6) is 0 Å². The van der Waals surface area contributed by atoms with Crippen LogP contribution in [0, 0.1) is 6.92 Å². The lowest BCUT2D eigenvalue weighted by Crippen LogP contribution is -2.25. The van der Waals surface area contributed by atoms with Gasteiger partial charge in [-0.3, -0.25) is 9.59 Å². The van der Waals surface area contributed by atoms with Crippen LogP contribution in [0.2, 0.25) is 0 Å². The standard InChI is InChI=1S/C20H20N2O4/c1-13-4-2-6-15(10-13)20(25)26-12-18(23)21-17-7-3-5-14(11-17)19(24)22-16-8-9-16/h2-7,10-11,16H,8-9,12H2,1H3,(H,21,23)(H,22,24). The van der Waals surface area contributed by atoms with E-state index in [1.165, 1.54) is 0 Å². The SMILES string of the molecule is Cc1cccc(C(=O)OCC(=O)Nc2cccc(C(=O)NC3CC3)c2)c1. The smallest absolute Gasteiger partial charge is 0.338 e. The van der Waals surface area contributed by atoms with Crippen molar-refractivity contribution in [2.75, 3.05) is 11.9 Å². The van der Waals surface area contributed by atoms with E-state index < -0.39 is 18.5 Å². The first kappa shape index (κ1) is 17.7. The molecule has 2 N–H and O–H groups in total. The summed E-state index contributed by atoms with van der Waals surface area (Å²) >= 11 is 0. The number of rotatable bonds is 6. The molecule has 134 valence electrons. The zero-order chi connectivity index (χ0) is 18.5. The third-order valence-electron chi connectivity index (χ3n) is 3.91. The predicted molar refractivity (Wildman–Crippen MR) is 97.0 cm³/mol. The second kappa shape index (κ2) is 7.82. The molecule has 0 atom stereocenters. The minimum atomic E-state index is -0.554. The van der Waals surface area contributed by atoms with Gasteiger partial charge in [-0.25, -0.2) is 4.79 Å². The molecular formula is C20H20N2O4. The summed E-state index contributed by atoms with van der Waals surface area (Å²) in [5.41, 5.74) is 2.29. The normalized spacial score (nSPS) is 13.0. The van der Waals surface area contributed by atoms with Gasteiger partial charge in [-0.1, -0.05) is 23.8 Å². The summed E-state index contributed by atoms with van der Waals surface area (Å²) in [6.07, 6.45) is 2.02. The maximum atomic E-state index is 12.0. The van der Waals surface area contributed by atoms with Crippen LogP contribution in [0.4, 0.5) is 5.69 Å². The molecule has 2 aromatic carbocycles. The maximum absolute atomic E-state index is 12.0. The molecule has 0 radical (unpaired) electrons. The van der Waals surface area contributed by atoms with Crippen molar-refractivity contribution in [1.82, 2.24) is 5.32 Å². The molecule has 26 heavy (non-hydrogen) atoms. The summed E-state index contributed by atoms with van der Waals surface area (Å²) in [6.45, 7) is 1.47. The Morgan fingerprint density at radius 1 is 1.04 bits per heavy atom. The van der Waals surface area contributed by atoms with E-state index in [4.69, 9.17) is 4.74 Å². The van der Waals surface area contributed by atoms with E-state index in [1.54, 1.807) is 42.5 Å². The fraction of sp³-hybridized carbons (Fsp3) is 0.250. The Kier molecular flexibility index (Phi) is 5.31. The van der Waals surface area contributed by atoms with Crippen LogP contribution in [0.25, 0.3) is 0 Å². The van der Waals surface area contributed by atoms with Crippen molar-refractivity contribution in [3.05, 3.63) is 65.2 Å². The van der Waals surface area contributed by atoms with Crippen LogP contribution < -0.4 is 10.6 Å². The number of ether oxygens (including phenoxy) is 1. The van der Waals surface area contributed by atoms with Crippen LogP contribution >= 0.6 is 0 Å². The van der Waals surface area contributed by atoms with Gasteiger partial charge in [-0.05, 0) is 50.1 Å². The number of carbonyl (C=O) groups excluding carboxylic acids is 3. The molecule has 0 aromatic heterocycles. The number of hydrogen-bond acceptors (Lipinski definition) is 4. The van der Waals surface area contributed by atoms with E-state index in [9.17, 15) is 14.4 Å². The van der Waals surface area contributed by atoms with Crippen molar-refractivity contribution in [3.8, 4) is 0 Å². The lowest BCUT2D eigenvalue weighted by Gasteiger charge is -2.09. The fourth-order valence-corrected chi connectivity index (χ4v) is 2.42. The van der Waals surface area contributed by atoms with E-state index in [-0.39, 0.29) is 11.9 Å². The van der Waals surface area contributed by atoms with Gasteiger partial charge in [-0.15, -0.1) is 0 Å². The number of nitrogens with one attached hydrogen (secondary N) is 2. The molecule has 6 heteroatoms. The molecule has 6 nitrogen and oxygen atoms in total. The van der Waals surface area contributed by atoms with Gasteiger partial charge in [0.15, 0.2) is 6.61 Å². The average molecular weight is 352 g/mol. The van der Waals surface area contributed by atoms with Crippen LogP contribution in [0.15, 0.2) is 48.5 Å². The summed E-state index contributed by atoms with van der Waals surface area (Å²) in [6, 6.07) is 13.9. The topological polar surface area (TPSA) is 84.5 Å². The number of anilines is 1. The van der Waals surface area contributed by atoms with E-state index in [0.717, 1.165) is 18.4 Å². The van der Waals surface area contributed by atoms with Crippen LogP contribution in [-0.2, 0) is 9.53 Å². The molecule has 0 spiro atoms. The summed E-state index contributed by atoms with van der Waals surface area (Å²) in [4.78, 5) is 36.0. The summed E-state index contributed by atoms with van der Waals surface area (Å²) in [7, 11) is 0. The van der Waals surface area contributed by atoms with Crippen molar-refractivity contribution < 1.29 is 19.1 Å². The molecule has 0 saturated heterocycles. The minimum absolute atomic E-state index is 0.158. The number of benzene rings is 2. The molecule has 0 bridgehead atoms. The molecule has 3 rings (SSSR count). The van der Waals surface area contributed by atoms with Gasteiger partial charge in [0.1, 0.15) is 0 Å². The maximum Gasteiger partial charge on any atom is 0.338 e. The van der Waals surface area contributed by atoms with Crippen LogP contribution in [0.1, 0.15) is 39.1 Å². The van der Waals surface area contributed by atoms with Crippen LogP contribution in [-0.4, -0.2) is 30.4 Å². The van der Waals surface area contributed by atoms with Crippen molar-refractivity contribution >= 4 is 23.5 Å². The molecular weight excluding hydrogens is 332 g/mol. The van der Waals surface area contributed by atoms with Gasteiger partial charge in [0.05, 0.1) is 5.56 Å². The first-order chi connectivity index (χ1) is 12.5. The number of aryl methyl sites for hydroxylation is 1. The van der Waals surface area contributed by atoms with Crippen molar-refractivity contribution in [1.29, 1.82) is 0 Å². The second-order valence-corrected chi connectivity index (χ2v) is 6.32. The zero-order valence-corrected chi connectivity index (χ0v) is 14.5. The highest BCUT2D eigenvalue weighted by Crippen LogP contribution is 2.20. The molecule has 2 amide bonds. The highest BCUT2D eigenvalue weighted by Gasteiger charge is 2.23. The monoisotopic (exact) mass is 352 g/mol. The first-order valence-corrected chi connectivity index (χ1v) is 8.46. The highest BCUT2D eigenvalue weighted by molar-refractivity contribution is 5.98. The number of carbonyl (C=O) groups is 3. The van der Waals surface area contributed by atoms with E-state index in [0.29, 0.717) is 16.8 Å². The molecule has 0 aliphatic heterocycles. The first-order valence-electron chi connectivity index (χ1n) is 8.46. The Balaban J connectivity index is 1.53. The Bertz CT molecular complexity index is 843. The Morgan fingerprint density at radius 2 is 1.77 bits per heavy atom. The van der Waals surface area contributed by atoms with E-state index in [1.807, 2.05) is 13.0 Å². The van der Waals surface area contributed by atoms with Gasteiger partial charge in [0.25, 0.3) is 11.8 Å². The molecule has 0 heterocycles. The number of amides is 2. The second-order valence-electron chi connectivity index (χ2n) is 6.32. The molecule has 1 fully saturated rings. The Morgan fingerprint density at radius 3 is 2.50 bits per heavy atom. The minimum Gasteiger partial charge on any atom is -0.452 e. The van der Waals surface area contributed by atoms with Gasteiger partial charge >= 0.3 is 5.97 Å². The van der Waals surface area contributed by atoms with Gasteiger partial charge in [0.2, 0.25) is 0 Å². The third-order valence-corrected chi connectivity index (χ3v) is 3.91. The molecule has 1 aliphatic rings. The fourth-order valence-electron chi connectivity index (χ4n) is 2.42. The van der Waals surface area contributed by atoms with Crippen molar-refractivity contribution in [2.24, 2.45) is 0 Å². The van der Waals surface area contributed by atoms with E-state index in [2.05, 4.69) is 10.6 Å². The molecule has 0 unspecified atom stereocenters. The molecule has 2 aromatic rings. The average Bonchev–Trinajstić information content (AvgIpc) is 3.44.